The van der Waals surface area contributed by atoms with Crippen molar-refractivity contribution in [1.29, 1.82) is 0 Å². The number of rotatable bonds is 7. The first kappa shape index (κ1) is 23.1. The van der Waals surface area contributed by atoms with E-state index in [-0.39, 0.29) is 23.4 Å². The second-order valence-electron chi connectivity index (χ2n) is 8.68. The number of carbonyl (C=O) groups excluding carboxylic acids is 1. The summed E-state index contributed by atoms with van der Waals surface area (Å²) >= 11 is 0. The fourth-order valence-electron chi connectivity index (χ4n) is 4.41. The van der Waals surface area contributed by atoms with Gasteiger partial charge in [-0.1, -0.05) is 73.0 Å². The zero-order valence-corrected chi connectivity index (χ0v) is 20.0. The highest BCUT2D eigenvalue weighted by atomic mass is 32.2. The SMILES string of the molecule is Cc1ccc(S(=O)(=O)N(Cc2ccccc2)c2ccccc2C(=O)N(C)C2CCCC2)cc1. The van der Waals surface area contributed by atoms with Gasteiger partial charge in [0, 0.05) is 13.1 Å². The van der Waals surface area contributed by atoms with Crippen molar-refractivity contribution < 1.29 is 13.2 Å². The lowest BCUT2D eigenvalue weighted by atomic mass is 10.1. The monoisotopic (exact) mass is 462 g/mol. The molecule has 0 aromatic heterocycles. The average Bonchev–Trinajstić information content (AvgIpc) is 3.37. The summed E-state index contributed by atoms with van der Waals surface area (Å²) in [6.45, 7) is 2.06. The summed E-state index contributed by atoms with van der Waals surface area (Å²) in [6, 6.07) is 23.5. The van der Waals surface area contributed by atoms with Crippen LogP contribution in [0.4, 0.5) is 5.69 Å². The maximum Gasteiger partial charge on any atom is 0.264 e. The van der Waals surface area contributed by atoms with Gasteiger partial charge in [-0.25, -0.2) is 8.42 Å². The minimum atomic E-state index is -3.91. The third-order valence-corrected chi connectivity index (χ3v) is 8.15. The van der Waals surface area contributed by atoms with Crippen molar-refractivity contribution in [2.45, 2.75) is 50.1 Å². The topological polar surface area (TPSA) is 57.7 Å². The Labute approximate surface area is 196 Å². The fourth-order valence-corrected chi connectivity index (χ4v) is 5.88. The Kier molecular flexibility index (Phi) is 6.84. The summed E-state index contributed by atoms with van der Waals surface area (Å²) in [4.78, 5) is 15.5. The summed E-state index contributed by atoms with van der Waals surface area (Å²) in [5.41, 5.74) is 2.63. The van der Waals surface area contributed by atoms with Gasteiger partial charge in [0.15, 0.2) is 0 Å². The highest BCUT2D eigenvalue weighted by molar-refractivity contribution is 7.92. The van der Waals surface area contributed by atoms with E-state index >= 15 is 0 Å². The molecule has 3 aromatic carbocycles. The van der Waals surface area contributed by atoms with Crippen LogP contribution in [-0.4, -0.2) is 32.3 Å². The number of amides is 1. The molecule has 0 bridgehead atoms. The van der Waals surface area contributed by atoms with Crippen LogP contribution in [0.15, 0.2) is 83.8 Å². The van der Waals surface area contributed by atoms with Crippen LogP contribution in [0, 0.1) is 6.92 Å². The number of nitrogens with zero attached hydrogens (tertiary/aromatic N) is 2. The highest BCUT2D eigenvalue weighted by Crippen LogP contribution is 2.31. The number of benzene rings is 3. The first-order valence-electron chi connectivity index (χ1n) is 11.4. The van der Waals surface area contributed by atoms with Crippen LogP contribution < -0.4 is 4.31 Å². The molecule has 0 aliphatic heterocycles. The van der Waals surface area contributed by atoms with Gasteiger partial charge in [0.25, 0.3) is 15.9 Å². The molecule has 1 fully saturated rings. The van der Waals surface area contributed by atoms with E-state index in [2.05, 4.69) is 0 Å². The third-order valence-electron chi connectivity index (χ3n) is 6.37. The average molecular weight is 463 g/mol. The molecule has 0 spiro atoms. The Balaban J connectivity index is 1.79. The second kappa shape index (κ2) is 9.79. The van der Waals surface area contributed by atoms with E-state index in [1.807, 2.05) is 44.3 Å². The second-order valence-corrected chi connectivity index (χ2v) is 10.5. The zero-order valence-electron chi connectivity index (χ0n) is 19.1. The van der Waals surface area contributed by atoms with Crippen molar-refractivity contribution in [3.63, 3.8) is 0 Å². The maximum absolute atomic E-state index is 13.9. The van der Waals surface area contributed by atoms with Crippen LogP contribution >= 0.6 is 0 Å². The van der Waals surface area contributed by atoms with Gasteiger partial charge in [0.1, 0.15) is 0 Å². The normalized spacial score (nSPS) is 14.2. The largest absolute Gasteiger partial charge is 0.339 e. The van der Waals surface area contributed by atoms with Crippen LogP contribution in [0.5, 0.6) is 0 Å². The van der Waals surface area contributed by atoms with Gasteiger partial charge in [-0.2, -0.15) is 0 Å². The Bertz CT molecular complexity index is 1200. The lowest BCUT2D eigenvalue weighted by molar-refractivity contribution is 0.0736. The van der Waals surface area contributed by atoms with Gasteiger partial charge < -0.3 is 4.90 Å². The fraction of sp³-hybridized carbons (Fsp3) is 0.296. The quantitative estimate of drug-likeness (QED) is 0.472. The van der Waals surface area contributed by atoms with Crippen molar-refractivity contribution in [3.8, 4) is 0 Å². The molecule has 0 N–H and O–H groups in total. The van der Waals surface area contributed by atoms with Crippen molar-refractivity contribution in [2.75, 3.05) is 11.4 Å². The highest BCUT2D eigenvalue weighted by Gasteiger charge is 2.31. The number of aryl methyl sites for hydroxylation is 1. The van der Waals surface area contributed by atoms with Gasteiger partial charge in [-0.05, 0) is 49.6 Å². The van der Waals surface area contributed by atoms with Crippen molar-refractivity contribution in [3.05, 3.63) is 95.6 Å². The molecule has 0 heterocycles. The van der Waals surface area contributed by atoms with Crippen LogP contribution in [0.2, 0.25) is 0 Å². The van der Waals surface area contributed by atoms with Crippen LogP contribution in [0.25, 0.3) is 0 Å². The van der Waals surface area contributed by atoms with Gasteiger partial charge >= 0.3 is 0 Å². The molecule has 33 heavy (non-hydrogen) atoms. The van der Waals surface area contributed by atoms with E-state index < -0.39 is 10.0 Å². The molecule has 0 radical (unpaired) electrons. The van der Waals surface area contributed by atoms with Crippen LogP contribution in [0.3, 0.4) is 0 Å². The van der Waals surface area contributed by atoms with Crippen molar-refractivity contribution in [2.24, 2.45) is 0 Å². The maximum atomic E-state index is 13.9. The van der Waals surface area contributed by atoms with Crippen LogP contribution in [0.1, 0.15) is 47.2 Å². The first-order valence-corrected chi connectivity index (χ1v) is 12.8. The molecule has 1 saturated carbocycles. The standard InChI is InChI=1S/C27H30N2O3S/c1-21-16-18-24(19-17-21)33(31,32)29(20-22-10-4-3-5-11-22)26-15-9-8-14-25(26)27(30)28(2)23-12-6-7-13-23/h3-5,8-11,14-19,23H,6-7,12-13,20H2,1-2H3. The number of sulfonamides is 1. The summed E-state index contributed by atoms with van der Waals surface area (Å²) < 4.78 is 29.1. The van der Waals surface area contributed by atoms with Gasteiger partial charge in [-0.3, -0.25) is 9.10 Å². The van der Waals surface area contributed by atoms with E-state index in [0.29, 0.717) is 11.3 Å². The Hall–Kier alpha value is -3.12. The van der Waals surface area contributed by atoms with Crippen molar-refractivity contribution in [1.82, 2.24) is 4.90 Å². The number of hydrogen-bond acceptors (Lipinski definition) is 3. The molecule has 5 nitrogen and oxygen atoms in total. The lowest BCUT2D eigenvalue weighted by Gasteiger charge is -2.29. The molecule has 1 aliphatic carbocycles. The molecule has 0 saturated heterocycles. The van der Waals surface area contributed by atoms with E-state index in [4.69, 9.17) is 0 Å². The van der Waals surface area contributed by atoms with Crippen LogP contribution in [-0.2, 0) is 16.6 Å². The van der Waals surface area contributed by atoms with Gasteiger partial charge in [0.05, 0.1) is 22.7 Å². The van der Waals surface area contributed by atoms with E-state index in [1.165, 1.54) is 4.31 Å². The molecule has 172 valence electrons. The van der Waals surface area contributed by atoms with E-state index in [1.54, 1.807) is 53.4 Å². The Morgan fingerprint density at radius 2 is 1.48 bits per heavy atom. The number of anilines is 1. The molecule has 1 amide bonds. The number of carbonyl (C=O) groups is 1. The number of para-hydroxylation sites is 1. The molecule has 1 aliphatic rings. The summed E-state index contributed by atoms with van der Waals surface area (Å²) in [5.74, 6) is -0.144. The summed E-state index contributed by atoms with van der Waals surface area (Å²) in [6.07, 6.45) is 4.21. The molecule has 0 unspecified atom stereocenters. The van der Waals surface area contributed by atoms with E-state index in [0.717, 1.165) is 36.8 Å². The molecule has 6 heteroatoms. The predicted octanol–water partition coefficient (Wildman–Crippen LogP) is 5.41. The first-order chi connectivity index (χ1) is 15.9. The minimum absolute atomic E-state index is 0.133. The number of hydrogen-bond donors (Lipinski definition) is 0. The molecule has 3 aromatic rings. The van der Waals surface area contributed by atoms with Crippen molar-refractivity contribution >= 4 is 21.6 Å². The molecule has 4 rings (SSSR count). The molecule has 0 atom stereocenters. The Morgan fingerprint density at radius 1 is 0.879 bits per heavy atom. The van der Waals surface area contributed by atoms with Gasteiger partial charge in [-0.15, -0.1) is 0 Å². The summed E-state index contributed by atoms with van der Waals surface area (Å²) in [5, 5.41) is 0. The van der Waals surface area contributed by atoms with E-state index in [9.17, 15) is 13.2 Å². The smallest absolute Gasteiger partial charge is 0.264 e. The zero-order chi connectivity index (χ0) is 23.4. The third kappa shape index (κ3) is 4.96. The molecular weight excluding hydrogens is 432 g/mol. The summed E-state index contributed by atoms with van der Waals surface area (Å²) in [7, 11) is -2.08. The minimum Gasteiger partial charge on any atom is -0.339 e. The molecular formula is C27H30N2O3S. The lowest BCUT2D eigenvalue weighted by Crippen LogP contribution is -2.37. The van der Waals surface area contributed by atoms with Gasteiger partial charge in [0.2, 0.25) is 0 Å². The predicted molar refractivity (Wildman–Crippen MR) is 132 cm³/mol. The Morgan fingerprint density at radius 3 is 2.15 bits per heavy atom.